The van der Waals surface area contributed by atoms with Crippen molar-refractivity contribution in [2.75, 3.05) is 0 Å². The molecule has 1 aromatic carbocycles. The first-order chi connectivity index (χ1) is 15.8. The van der Waals surface area contributed by atoms with Crippen molar-refractivity contribution in [1.82, 2.24) is 14.5 Å². The number of hydrogen-bond acceptors (Lipinski definition) is 3. The highest BCUT2D eigenvalue weighted by Crippen LogP contribution is 2.48. The van der Waals surface area contributed by atoms with Crippen LogP contribution in [-0.2, 0) is 0 Å². The summed E-state index contributed by atoms with van der Waals surface area (Å²) >= 11 is 0. The van der Waals surface area contributed by atoms with Crippen LogP contribution in [0.1, 0.15) is 76.7 Å². The number of furan rings is 1. The lowest BCUT2D eigenvalue weighted by Crippen LogP contribution is -2.58. The molecule has 4 fully saturated rings. The monoisotopic (exact) mass is 429 g/mol. The van der Waals surface area contributed by atoms with Gasteiger partial charge in [-0.05, 0) is 81.0 Å². The van der Waals surface area contributed by atoms with E-state index in [0.717, 1.165) is 47.1 Å². The van der Waals surface area contributed by atoms with Crippen molar-refractivity contribution in [3.63, 3.8) is 0 Å². The van der Waals surface area contributed by atoms with Crippen LogP contribution in [0.4, 0.5) is 0 Å². The van der Waals surface area contributed by atoms with E-state index in [1.807, 2.05) is 6.07 Å². The fourth-order valence-electron chi connectivity index (χ4n) is 8.13. The third-order valence-electron chi connectivity index (χ3n) is 9.23. The number of nitrogens with zero attached hydrogens (tertiary/aromatic N) is 3. The molecule has 0 amide bonds. The summed E-state index contributed by atoms with van der Waals surface area (Å²) in [7, 11) is 0. The van der Waals surface area contributed by atoms with Gasteiger partial charge in [-0.15, -0.1) is 0 Å². The van der Waals surface area contributed by atoms with E-state index in [2.05, 4.69) is 39.8 Å². The zero-order valence-corrected chi connectivity index (χ0v) is 19.0. The predicted molar refractivity (Wildman–Crippen MR) is 127 cm³/mol. The first-order valence-corrected chi connectivity index (χ1v) is 13.1. The minimum atomic E-state index is 0.511. The smallest absolute Gasteiger partial charge is 0.177 e. The molecule has 4 bridgehead atoms. The average molecular weight is 430 g/mol. The van der Waals surface area contributed by atoms with E-state index >= 15 is 0 Å². The predicted octanol–water partition coefficient (Wildman–Crippen LogP) is 6.82. The third-order valence-corrected chi connectivity index (χ3v) is 9.23. The fraction of sp³-hybridized carbons (Fsp3) is 0.607. The first kappa shape index (κ1) is 19.4. The number of piperidine rings is 2. The van der Waals surface area contributed by atoms with Crippen molar-refractivity contribution in [3.8, 4) is 11.6 Å². The van der Waals surface area contributed by atoms with Gasteiger partial charge in [0.2, 0.25) is 0 Å². The summed E-state index contributed by atoms with van der Waals surface area (Å²) in [5, 5.41) is 0. The molecule has 4 heteroatoms. The van der Waals surface area contributed by atoms with E-state index in [-0.39, 0.29) is 0 Å². The van der Waals surface area contributed by atoms with Crippen LogP contribution in [0.25, 0.3) is 22.6 Å². The Labute approximate surface area is 191 Å². The van der Waals surface area contributed by atoms with Crippen LogP contribution < -0.4 is 0 Å². The molecule has 2 saturated carbocycles. The maximum Gasteiger partial charge on any atom is 0.177 e. The molecule has 0 N–H and O–H groups in total. The molecule has 32 heavy (non-hydrogen) atoms. The fourth-order valence-corrected chi connectivity index (χ4v) is 8.13. The Kier molecular flexibility index (Phi) is 4.71. The quantitative estimate of drug-likeness (QED) is 0.458. The molecular formula is C28H35N3O. The highest BCUT2D eigenvalue weighted by atomic mass is 16.3. The summed E-state index contributed by atoms with van der Waals surface area (Å²) in [5.41, 5.74) is 2.36. The van der Waals surface area contributed by atoms with E-state index < -0.39 is 0 Å². The Bertz CT molecular complexity index is 1060. The molecule has 6 atom stereocenters. The second-order valence-corrected chi connectivity index (χ2v) is 11.1. The van der Waals surface area contributed by atoms with E-state index in [9.17, 15) is 0 Å². The van der Waals surface area contributed by atoms with Crippen molar-refractivity contribution in [2.45, 2.75) is 94.8 Å². The van der Waals surface area contributed by atoms with Gasteiger partial charge in [-0.2, -0.15) is 0 Å². The van der Waals surface area contributed by atoms with Crippen LogP contribution in [0.3, 0.4) is 0 Å². The molecule has 2 aliphatic carbocycles. The van der Waals surface area contributed by atoms with Gasteiger partial charge >= 0.3 is 0 Å². The Balaban J connectivity index is 1.23. The number of aromatic nitrogens is 2. The maximum absolute atomic E-state index is 5.84. The molecule has 0 unspecified atom stereocenters. The van der Waals surface area contributed by atoms with Crippen molar-refractivity contribution in [1.29, 1.82) is 0 Å². The van der Waals surface area contributed by atoms with Crippen LogP contribution in [0.15, 0.2) is 47.1 Å². The molecule has 2 saturated heterocycles. The molecule has 168 valence electrons. The van der Waals surface area contributed by atoms with Gasteiger partial charge in [0.05, 0.1) is 17.3 Å². The normalized spacial score (nSPS) is 35.2. The van der Waals surface area contributed by atoms with Gasteiger partial charge in [0.25, 0.3) is 0 Å². The Morgan fingerprint density at radius 2 is 1.47 bits per heavy atom. The Morgan fingerprint density at radius 3 is 2.22 bits per heavy atom. The molecule has 4 heterocycles. The minimum Gasteiger partial charge on any atom is -0.461 e. The lowest BCUT2D eigenvalue weighted by atomic mass is 9.68. The van der Waals surface area contributed by atoms with Crippen molar-refractivity contribution >= 4 is 11.0 Å². The second-order valence-electron chi connectivity index (χ2n) is 11.1. The summed E-state index contributed by atoms with van der Waals surface area (Å²) in [5.74, 6) is 3.93. The lowest BCUT2D eigenvalue weighted by Gasteiger charge is -2.55. The summed E-state index contributed by atoms with van der Waals surface area (Å²) < 4.78 is 8.37. The van der Waals surface area contributed by atoms with Crippen LogP contribution in [0, 0.1) is 11.8 Å². The van der Waals surface area contributed by atoms with Crippen molar-refractivity contribution < 1.29 is 4.42 Å². The number of benzene rings is 1. The van der Waals surface area contributed by atoms with Crippen LogP contribution in [-0.4, -0.2) is 32.6 Å². The van der Waals surface area contributed by atoms with Gasteiger partial charge in [-0.3, -0.25) is 4.90 Å². The van der Waals surface area contributed by atoms with E-state index in [0.29, 0.717) is 6.04 Å². The molecule has 0 spiro atoms. The number of hydrogen-bond donors (Lipinski definition) is 0. The first-order valence-electron chi connectivity index (χ1n) is 13.1. The number of rotatable bonds is 3. The molecule has 3 aromatic rings. The van der Waals surface area contributed by atoms with Crippen molar-refractivity contribution in [2.24, 2.45) is 11.8 Å². The maximum atomic E-state index is 5.84. The lowest BCUT2D eigenvalue weighted by molar-refractivity contribution is -0.0481. The van der Waals surface area contributed by atoms with Gasteiger partial charge in [-0.25, -0.2) is 4.98 Å². The summed E-state index contributed by atoms with van der Waals surface area (Å²) in [4.78, 5) is 8.08. The van der Waals surface area contributed by atoms with Gasteiger partial charge in [0, 0.05) is 24.2 Å². The van der Waals surface area contributed by atoms with Crippen molar-refractivity contribution in [3.05, 3.63) is 42.7 Å². The molecular weight excluding hydrogens is 394 g/mol. The number of fused-ring (bicyclic) bond motifs is 5. The summed E-state index contributed by atoms with van der Waals surface area (Å²) in [6, 6.07) is 15.5. The summed E-state index contributed by atoms with van der Waals surface area (Å²) in [6.07, 6.45) is 17.4. The Morgan fingerprint density at radius 1 is 0.719 bits per heavy atom. The van der Waals surface area contributed by atoms with Gasteiger partial charge < -0.3 is 8.98 Å². The third kappa shape index (κ3) is 3.17. The topological polar surface area (TPSA) is 34.2 Å². The average Bonchev–Trinajstić information content (AvgIpc) is 3.46. The summed E-state index contributed by atoms with van der Waals surface area (Å²) in [6.45, 7) is 0. The van der Waals surface area contributed by atoms with E-state index in [1.54, 1.807) is 6.26 Å². The highest BCUT2D eigenvalue weighted by Gasteiger charge is 2.45. The SMILES string of the molecule is c1coc(-c2nc3ccccc3n2[C@H]2C[C@H]3CCC[C@@H](C2)N3[C@H]2C[C@@H]3CCC[C@@H](C3)C2)c1. The van der Waals surface area contributed by atoms with Crippen LogP contribution in [0.2, 0.25) is 0 Å². The largest absolute Gasteiger partial charge is 0.461 e. The number of imidazole rings is 1. The standard InChI is InChI=1S/C28H35N3O/c1-2-11-26-25(10-1)29-28(27-12-5-13-32-27)31(26)24-17-21-8-4-9-22(18-24)30(21)23-15-19-6-3-7-20(14-19)16-23/h1-2,5,10-13,19-24H,3-4,6-9,14-18H2/t19-,20+,21-,22+,23+,24+. The van der Waals surface area contributed by atoms with Gasteiger partial charge in [0.1, 0.15) is 0 Å². The zero-order chi connectivity index (χ0) is 21.1. The number of para-hydroxylation sites is 2. The van der Waals surface area contributed by atoms with Gasteiger partial charge in [0.15, 0.2) is 11.6 Å². The highest BCUT2D eigenvalue weighted by molar-refractivity contribution is 5.80. The van der Waals surface area contributed by atoms with Crippen LogP contribution in [0.5, 0.6) is 0 Å². The minimum absolute atomic E-state index is 0.511. The molecule has 0 radical (unpaired) electrons. The zero-order valence-electron chi connectivity index (χ0n) is 19.0. The molecule has 4 nitrogen and oxygen atoms in total. The molecule has 2 aromatic heterocycles. The van der Waals surface area contributed by atoms with Crippen LogP contribution >= 0.6 is 0 Å². The van der Waals surface area contributed by atoms with Gasteiger partial charge in [-0.1, -0.05) is 37.8 Å². The Hall–Kier alpha value is -2.07. The molecule has 2 aliphatic heterocycles. The van der Waals surface area contributed by atoms with E-state index in [1.165, 1.54) is 76.1 Å². The van der Waals surface area contributed by atoms with E-state index in [4.69, 9.17) is 9.40 Å². The molecule has 7 rings (SSSR count). The molecule has 4 aliphatic rings. The second kappa shape index (κ2) is 7.76.